The van der Waals surface area contributed by atoms with Gasteiger partial charge in [0.05, 0.1) is 44.7 Å². The van der Waals surface area contributed by atoms with Gasteiger partial charge >= 0.3 is 13.6 Å². The van der Waals surface area contributed by atoms with E-state index >= 15 is 0 Å². The van der Waals surface area contributed by atoms with Crippen LogP contribution in [0.3, 0.4) is 0 Å². The highest BCUT2D eigenvalue weighted by Crippen LogP contribution is 2.48. The van der Waals surface area contributed by atoms with Crippen molar-refractivity contribution in [2.75, 3.05) is 44.3 Å². The van der Waals surface area contributed by atoms with Crippen LogP contribution in [0, 0.1) is 11.8 Å². The zero-order valence-corrected chi connectivity index (χ0v) is 29.7. The van der Waals surface area contributed by atoms with E-state index in [-0.39, 0.29) is 55.6 Å². The Kier molecular flexibility index (Phi) is 15.8. The van der Waals surface area contributed by atoms with Crippen LogP contribution in [0.1, 0.15) is 64.5 Å². The molecule has 0 saturated carbocycles. The highest BCUT2D eigenvalue weighted by molar-refractivity contribution is 8.13. The monoisotopic (exact) mass is 692 g/mol. The first-order valence-electron chi connectivity index (χ1n) is 15.9. The largest absolute Gasteiger partial charge is 0.465 e. The van der Waals surface area contributed by atoms with Crippen molar-refractivity contribution >= 4 is 47.4 Å². The summed E-state index contributed by atoms with van der Waals surface area (Å²) in [6, 6.07) is 7.49. The molecule has 0 aliphatic heterocycles. The molecule has 0 spiro atoms. The average Bonchev–Trinajstić information content (AvgIpc) is 3.46. The van der Waals surface area contributed by atoms with Crippen LogP contribution in [-0.2, 0) is 45.6 Å². The quantitative estimate of drug-likeness (QED) is 0.0847. The van der Waals surface area contributed by atoms with E-state index in [2.05, 4.69) is 28.8 Å². The van der Waals surface area contributed by atoms with E-state index in [0.29, 0.717) is 42.2 Å². The summed E-state index contributed by atoms with van der Waals surface area (Å²) < 4.78 is 37.9. The fourth-order valence-electron chi connectivity index (χ4n) is 4.43. The summed E-state index contributed by atoms with van der Waals surface area (Å²) >= 11 is 1.13. The van der Waals surface area contributed by atoms with Gasteiger partial charge in [-0.05, 0) is 42.7 Å². The van der Waals surface area contributed by atoms with Crippen molar-refractivity contribution < 1.29 is 32.7 Å². The molecule has 0 bridgehead atoms. The van der Waals surface area contributed by atoms with Crippen molar-refractivity contribution in [3.8, 4) is 0 Å². The summed E-state index contributed by atoms with van der Waals surface area (Å²) in [6.45, 7) is 10.7. The number of carbonyl (C=O) groups is 2. The summed E-state index contributed by atoms with van der Waals surface area (Å²) in [6.07, 6.45) is 4.42. The Balaban J connectivity index is 1.46. The summed E-state index contributed by atoms with van der Waals surface area (Å²) in [4.78, 5) is 37.2. The molecule has 47 heavy (non-hydrogen) atoms. The molecule has 0 aliphatic rings. The molecule has 15 heteroatoms. The van der Waals surface area contributed by atoms with Crippen LogP contribution >= 0.6 is 19.4 Å². The van der Waals surface area contributed by atoms with E-state index < -0.39 is 19.6 Å². The van der Waals surface area contributed by atoms with Crippen LogP contribution in [0.5, 0.6) is 0 Å². The molecule has 3 rings (SSSR count). The lowest BCUT2D eigenvalue weighted by Crippen LogP contribution is -2.33. The second-order valence-electron chi connectivity index (χ2n) is 12.1. The third kappa shape index (κ3) is 12.6. The van der Waals surface area contributed by atoms with Gasteiger partial charge in [-0.15, -0.1) is 0 Å². The topological polar surface area (TPSA) is 184 Å². The van der Waals surface area contributed by atoms with Gasteiger partial charge < -0.3 is 34.6 Å². The molecule has 0 saturated heterocycles. The molecule has 0 radical (unpaired) electrons. The fourth-order valence-corrected chi connectivity index (χ4v) is 6.75. The summed E-state index contributed by atoms with van der Waals surface area (Å²) in [5.41, 5.74) is 14.9. The number of aromatic nitrogens is 4. The maximum atomic E-state index is 13.6. The molecular weight excluding hydrogens is 643 g/mol. The van der Waals surface area contributed by atoms with Gasteiger partial charge in [-0.2, -0.15) is 0 Å². The number of nitrogens with zero attached hydrogens (tertiary/aromatic N) is 4. The number of rotatable bonds is 21. The summed E-state index contributed by atoms with van der Waals surface area (Å²) in [5.74, 6) is 0.594. The number of ether oxygens (including phenoxy) is 2. The number of anilines is 1. The lowest BCUT2D eigenvalue weighted by atomic mass is 9.97. The average molecular weight is 693 g/mol. The maximum Gasteiger partial charge on any atom is 0.356 e. The number of hydrogen-bond donors (Lipinski definition) is 2. The molecule has 2 aromatic heterocycles. The van der Waals surface area contributed by atoms with Crippen molar-refractivity contribution in [3.63, 3.8) is 0 Å². The maximum absolute atomic E-state index is 13.6. The van der Waals surface area contributed by atoms with Gasteiger partial charge in [-0.1, -0.05) is 63.7 Å². The molecule has 4 N–H and O–H groups in total. The number of esters is 1. The molecule has 0 aliphatic carbocycles. The number of thioether (sulfide) groups is 1. The van der Waals surface area contributed by atoms with Crippen LogP contribution in [0.15, 0.2) is 36.9 Å². The predicted octanol–water partition coefficient (Wildman–Crippen LogP) is 5.18. The number of fused-ring (bicyclic) bond motifs is 1. The SMILES string of the molecule is CC(C)Cc1ccc(C(C)C(=O)OCCCOP(=O)(COCCn2cnc3c(N)ncnc32)OCCCSC(=O)[C@@H](N)C(C)C)cc1. The lowest BCUT2D eigenvalue weighted by molar-refractivity contribution is -0.145. The minimum atomic E-state index is -3.68. The van der Waals surface area contributed by atoms with Gasteiger partial charge in [0, 0.05) is 18.7 Å². The Labute approximate surface area is 281 Å². The van der Waals surface area contributed by atoms with E-state index in [9.17, 15) is 14.2 Å². The fraction of sp³-hybridized carbons (Fsp3) is 0.594. The van der Waals surface area contributed by atoms with Gasteiger partial charge in [0.25, 0.3) is 0 Å². The highest BCUT2D eigenvalue weighted by Gasteiger charge is 2.26. The molecule has 3 aromatic rings. The number of imidazole rings is 1. The Bertz CT molecular complexity index is 1470. The van der Waals surface area contributed by atoms with E-state index in [1.807, 2.05) is 45.0 Å². The number of nitrogen functional groups attached to an aromatic ring is 1. The molecule has 2 heterocycles. The van der Waals surface area contributed by atoms with Crippen molar-refractivity contribution in [2.45, 2.75) is 72.4 Å². The second kappa shape index (κ2) is 19.2. The van der Waals surface area contributed by atoms with Gasteiger partial charge in [0.15, 0.2) is 11.5 Å². The lowest BCUT2D eigenvalue weighted by Gasteiger charge is -2.19. The number of benzene rings is 1. The first-order chi connectivity index (χ1) is 22.4. The minimum Gasteiger partial charge on any atom is -0.465 e. The van der Waals surface area contributed by atoms with Gasteiger partial charge in [0.2, 0.25) is 5.12 Å². The van der Waals surface area contributed by atoms with Gasteiger partial charge in [0.1, 0.15) is 18.2 Å². The normalized spacial score (nSPS) is 14.4. The number of carbonyl (C=O) groups excluding carboxylic acids is 2. The van der Waals surface area contributed by atoms with Crippen LogP contribution < -0.4 is 11.5 Å². The number of nitrogens with two attached hydrogens (primary N) is 2. The van der Waals surface area contributed by atoms with Gasteiger partial charge in [-0.3, -0.25) is 14.2 Å². The van der Waals surface area contributed by atoms with Crippen LogP contribution in [0.2, 0.25) is 0 Å². The van der Waals surface area contributed by atoms with Crippen LogP contribution in [0.4, 0.5) is 5.82 Å². The van der Waals surface area contributed by atoms with E-state index in [1.54, 1.807) is 10.9 Å². The molecule has 2 unspecified atom stereocenters. The standard InChI is InChI=1S/C32H49N6O7PS/c1-22(2)18-25-8-10-26(11-9-25)24(5)31(39)43-13-6-14-44-46(41,45-15-7-17-47-32(40)27(33)23(3)4)21-42-16-12-38-20-37-28-29(34)35-19-36-30(28)38/h8-11,19-20,22-24,27H,6-7,12-18,21,33H2,1-5H3,(H2,34,35,36)/t24?,27-,46?/m0/s1. The van der Waals surface area contributed by atoms with Crippen LogP contribution in [0.25, 0.3) is 11.2 Å². The highest BCUT2D eigenvalue weighted by atomic mass is 32.2. The molecule has 13 nitrogen and oxygen atoms in total. The summed E-state index contributed by atoms with van der Waals surface area (Å²) in [7, 11) is -3.68. The first kappa shape index (κ1) is 38.6. The molecule has 1 aromatic carbocycles. The zero-order chi connectivity index (χ0) is 34.4. The van der Waals surface area contributed by atoms with Crippen molar-refractivity contribution in [3.05, 3.63) is 48.0 Å². The molecule has 3 atom stereocenters. The van der Waals surface area contributed by atoms with E-state index in [1.165, 1.54) is 11.9 Å². The Morgan fingerprint density at radius 3 is 2.34 bits per heavy atom. The smallest absolute Gasteiger partial charge is 0.356 e. The van der Waals surface area contributed by atoms with Crippen molar-refractivity contribution in [2.24, 2.45) is 17.6 Å². The predicted molar refractivity (Wildman–Crippen MR) is 184 cm³/mol. The van der Waals surface area contributed by atoms with Crippen molar-refractivity contribution in [1.29, 1.82) is 0 Å². The van der Waals surface area contributed by atoms with E-state index in [0.717, 1.165) is 23.7 Å². The molecule has 260 valence electrons. The van der Waals surface area contributed by atoms with Crippen LogP contribution in [-0.4, -0.2) is 75.2 Å². The molecule has 0 fully saturated rings. The third-order valence-electron chi connectivity index (χ3n) is 7.27. The Hall–Kier alpha value is -2.87. The zero-order valence-electron chi connectivity index (χ0n) is 28.0. The Morgan fingerprint density at radius 2 is 1.66 bits per heavy atom. The van der Waals surface area contributed by atoms with E-state index in [4.69, 9.17) is 30.0 Å². The Morgan fingerprint density at radius 1 is 0.957 bits per heavy atom. The first-order valence-corrected chi connectivity index (χ1v) is 18.7. The minimum absolute atomic E-state index is 0.0328. The molecule has 0 amide bonds. The third-order valence-corrected chi connectivity index (χ3v) is 9.97. The van der Waals surface area contributed by atoms with Crippen molar-refractivity contribution in [1.82, 2.24) is 19.5 Å². The molecular formula is C32H49N6O7PS. The number of hydrogen-bond acceptors (Lipinski definition) is 13. The summed E-state index contributed by atoms with van der Waals surface area (Å²) in [5, 5.41) is -0.0891. The van der Waals surface area contributed by atoms with Gasteiger partial charge in [-0.25, -0.2) is 15.0 Å². The second-order valence-corrected chi connectivity index (χ2v) is 15.2.